The third-order valence-corrected chi connectivity index (χ3v) is 4.14. The Morgan fingerprint density at radius 3 is 2.43 bits per heavy atom. The van der Waals surface area contributed by atoms with Gasteiger partial charge in [-0.2, -0.15) is 0 Å². The van der Waals surface area contributed by atoms with Crippen molar-refractivity contribution in [1.82, 2.24) is 20.2 Å². The van der Waals surface area contributed by atoms with Gasteiger partial charge in [-0.3, -0.25) is 0 Å². The summed E-state index contributed by atoms with van der Waals surface area (Å²) in [7, 11) is 4.27. The lowest BCUT2D eigenvalue weighted by molar-refractivity contribution is 0.190. The molecule has 5 nitrogen and oxygen atoms in total. The van der Waals surface area contributed by atoms with Gasteiger partial charge in [0.25, 0.3) is 0 Å². The molecule has 0 aliphatic heterocycles. The van der Waals surface area contributed by atoms with Gasteiger partial charge in [-0.05, 0) is 59.1 Å². The molecular weight excluding hydrogens is 282 g/mol. The van der Waals surface area contributed by atoms with Crippen LogP contribution in [0.3, 0.4) is 0 Å². The number of nitrogens with zero attached hydrogens (tertiary/aromatic N) is 3. The zero-order valence-corrected chi connectivity index (χ0v) is 14.1. The van der Waals surface area contributed by atoms with Crippen LogP contribution in [0.2, 0.25) is 0 Å². The highest BCUT2D eigenvalue weighted by molar-refractivity contribution is 7.80. The standard InChI is InChI=1S/C15H25N5S/c1-10-9-11(2)17-14(16-10)19-15(21)18-12-7-5-6-8-13(12)20(3)4/h9,12-13H,5-8H2,1-4H3,(H2,16,17,18,19,21)/t12-,13-/m0/s1. The van der Waals surface area contributed by atoms with E-state index in [0.717, 1.165) is 17.8 Å². The molecule has 1 heterocycles. The van der Waals surface area contributed by atoms with E-state index in [1.807, 2.05) is 19.9 Å². The smallest absolute Gasteiger partial charge is 0.229 e. The van der Waals surface area contributed by atoms with Crippen LogP contribution in [0.25, 0.3) is 0 Å². The van der Waals surface area contributed by atoms with Crippen LogP contribution in [0.5, 0.6) is 0 Å². The Kier molecular flexibility index (Phi) is 5.47. The molecule has 0 aromatic carbocycles. The molecule has 0 saturated heterocycles. The predicted molar refractivity (Wildman–Crippen MR) is 90.6 cm³/mol. The summed E-state index contributed by atoms with van der Waals surface area (Å²) >= 11 is 5.42. The van der Waals surface area contributed by atoms with E-state index in [1.54, 1.807) is 0 Å². The third kappa shape index (κ3) is 4.61. The lowest BCUT2D eigenvalue weighted by Crippen LogP contribution is -2.52. The molecule has 116 valence electrons. The predicted octanol–water partition coefficient (Wildman–Crippen LogP) is 2.25. The van der Waals surface area contributed by atoms with Crippen molar-refractivity contribution in [3.8, 4) is 0 Å². The molecule has 21 heavy (non-hydrogen) atoms. The fraction of sp³-hybridized carbons (Fsp3) is 0.667. The Labute approximate surface area is 132 Å². The van der Waals surface area contributed by atoms with Gasteiger partial charge in [0.15, 0.2) is 5.11 Å². The minimum Gasteiger partial charge on any atom is -0.358 e. The van der Waals surface area contributed by atoms with E-state index in [4.69, 9.17) is 12.2 Å². The van der Waals surface area contributed by atoms with Gasteiger partial charge in [0, 0.05) is 23.5 Å². The van der Waals surface area contributed by atoms with Crippen molar-refractivity contribution in [2.45, 2.75) is 51.6 Å². The summed E-state index contributed by atoms with van der Waals surface area (Å²) in [5, 5.41) is 7.16. The van der Waals surface area contributed by atoms with E-state index in [-0.39, 0.29) is 0 Å². The molecule has 1 fully saturated rings. The molecule has 0 unspecified atom stereocenters. The number of aromatic nitrogens is 2. The molecule has 0 amide bonds. The number of likely N-dealkylation sites (N-methyl/N-ethyl adjacent to an activating group) is 1. The summed E-state index contributed by atoms with van der Waals surface area (Å²) in [6.45, 7) is 3.92. The SMILES string of the molecule is Cc1cc(C)nc(NC(=S)N[C@H]2CCCC[C@@H]2N(C)C)n1. The summed E-state index contributed by atoms with van der Waals surface area (Å²) in [5.41, 5.74) is 1.88. The molecule has 0 bridgehead atoms. The molecular formula is C15H25N5S. The van der Waals surface area contributed by atoms with Crippen molar-refractivity contribution < 1.29 is 0 Å². The molecule has 1 aromatic heterocycles. The number of aryl methyl sites for hydroxylation is 2. The Balaban J connectivity index is 1.97. The molecule has 0 radical (unpaired) electrons. The van der Waals surface area contributed by atoms with Gasteiger partial charge in [-0.1, -0.05) is 12.8 Å². The Hall–Kier alpha value is -1.27. The van der Waals surface area contributed by atoms with E-state index < -0.39 is 0 Å². The summed E-state index contributed by atoms with van der Waals surface area (Å²) in [4.78, 5) is 11.0. The zero-order valence-electron chi connectivity index (χ0n) is 13.3. The maximum Gasteiger partial charge on any atom is 0.229 e. The number of nitrogens with one attached hydrogen (secondary N) is 2. The van der Waals surface area contributed by atoms with Gasteiger partial charge in [-0.15, -0.1) is 0 Å². The molecule has 1 aliphatic carbocycles. The second-order valence-corrected chi connectivity index (χ2v) is 6.40. The van der Waals surface area contributed by atoms with Crippen molar-refractivity contribution in [2.75, 3.05) is 19.4 Å². The fourth-order valence-electron chi connectivity index (χ4n) is 2.99. The van der Waals surface area contributed by atoms with Crippen LogP contribution in [-0.4, -0.2) is 46.2 Å². The van der Waals surface area contributed by atoms with E-state index in [9.17, 15) is 0 Å². The molecule has 2 rings (SSSR count). The zero-order chi connectivity index (χ0) is 15.4. The van der Waals surface area contributed by atoms with Crippen molar-refractivity contribution in [3.05, 3.63) is 17.5 Å². The van der Waals surface area contributed by atoms with Gasteiger partial charge in [0.2, 0.25) is 5.95 Å². The maximum absolute atomic E-state index is 5.42. The Morgan fingerprint density at radius 2 is 1.81 bits per heavy atom. The largest absolute Gasteiger partial charge is 0.358 e. The van der Waals surface area contributed by atoms with E-state index in [1.165, 1.54) is 19.3 Å². The van der Waals surface area contributed by atoms with E-state index in [0.29, 0.717) is 23.1 Å². The second-order valence-electron chi connectivity index (χ2n) is 5.99. The van der Waals surface area contributed by atoms with Crippen molar-refractivity contribution in [3.63, 3.8) is 0 Å². The van der Waals surface area contributed by atoms with Crippen molar-refractivity contribution >= 4 is 23.3 Å². The first-order chi connectivity index (χ1) is 9.95. The summed E-state index contributed by atoms with van der Waals surface area (Å²) in [6, 6.07) is 2.86. The molecule has 0 spiro atoms. The van der Waals surface area contributed by atoms with Crippen molar-refractivity contribution in [1.29, 1.82) is 0 Å². The number of hydrogen-bond donors (Lipinski definition) is 2. The third-order valence-electron chi connectivity index (χ3n) is 3.92. The van der Waals surface area contributed by atoms with Gasteiger partial charge >= 0.3 is 0 Å². The maximum atomic E-state index is 5.42. The monoisotopic (exact) mass is 307 g/mol. The first-order valence-corrected chi connectivity index (χ1v) is 7.93. The number of anilines is 1. The highest BCUT2D eigenvalue weighted by Crippen LogP contribution is 2.21. The summed E-state index contributed by atoms with van der Waals surface area (Å²) < 4.78 is 0. The van der Waals surface area contributed by atoms with E-state index >= 15 is 0 Å². The molecule has 1 saturated carbocycles. The highest BCUT2D eigenvalue weighted by Gasteiger charge is 2.27. The fourth-order valence-corrected chi connectivity index (χ4v) is 3.23. The van der Waals surface area contributed by atoms with Crippen LogP contribution < -0.4 is 10.6 Å². The molecule has 2 atom stereocenters. The highest BCUT2D eigenvalue weighted by atomic mass is 32.1. The average molecular weight is 307 g/mol. The Bertz CT molecular complexity index is 483. The Morgan fingerprint density at radius 1 is 1.19 bits per heavy atom. The summed E-state index contributed by atoms with van der Waals surface area (Å²) in [6.07, 6.45) is 4.91. The second kappa shape index (κ2) is 7.13. The van der Waals surface area contributed by atoms with Crippen LogP contribution >= 0.6 is 12.2 Å². The van der Waals surface area contributed by atoms with Crippen molar-refractivity contribution in [2.24, 2.45) is 0 Å². The van der Waals surface area contributed by atoms with E-state index in [2.05, 4.69) is 39.6 Å². The van der Waals surface area contributed by atoms with Gasteiger partial charge < -0.3 is 15.5 Å². The van der Waals surface area contributed by atoms with Crippen LogP contribution in [0.4, 0.5) is 5.95 Å². The molecule has 1 aliphatic rings. The lowest BCUT2D eigenvalue weighted by Gasteiger charge is -2.37. The number of hydrogen-bond acceptors (Lipinski definition) is 4. The van der Waals surface area contributed by atoms with Crippen LogP contribution in [0, 0.1) is 13.8 Å². The number of rotatable bonds is 3. The summed E-state index contributed by atoms with van der Waals surface area (Å²) in [5.74, 6) is 0.571. The van der Waals surface area contributed by atoms with Gasteiger partial charge in [0.05, 0.1) is 0 Å². The van der Waals surface area contributed by atoms with Crippen LogP contribution in [0.15, 0.2) is 6.07 Å². The van der Waals surface area contributed by atoms with Gasteiger partial charge in [0.1, 0.15) is 0 Å². The number of thiocarbonyl (C=S) groups is 1. The minimum absolute atomic E-state index is 0.389. The quantitative estimate of drug-likeness (QED) is 0.836. The molecule has 1 aromatic rings. The normalized spacial score (nSPS) is 22.1. The topological polar surface area (TPSA) is 53.1 Å². The first kappa shape index (κ1) is 16.1. The first-order valence-electron chi connectivity index (χ1n) is 7.52. The van der Waals surface area contributed by atoms with Crippen LogP contribution in [-0.2, 0) is 0 Å². The minimum atomic E-state index is 0.389. The molecule has 6 heteroatoms. The average Bonchev–Trinajstić information content (AvgIpc) is 2.37. The van der Waals surface area contributed by atoms with Crippen LogP contribution in [0.1, 0.15) is 37.1 Å². The lowest BCUT2D eigenvalue weighted by atomic mass is 9.90. The van der Waals surface area contributed by atoms with Gasteiger partial charge in [-0.25, -0.2) is 9.97 Å². The molecule has 2 N–H and O–H groups in total.